The van der Waals surface area contributed by atoms with E-state index < -0.39 is 0 Å². The van der Waals surface area contributed by atoms with Gasteiger partial charge in [-0.25, -0.2) is 0 Å². The van der Waals surface area contributed by atoms with Crippen LogP contribution in [0.15, 0.2) is 29.3 Å². The molecule has 0 bridgehead atoms. The second-order valence-electron chi connectivity index (χ2n) is 7.11. The van der Waals surface area contributed by atoms with Crippen LogP contribution in [0.3, 0.4) is 0 Å². The van der Waals surface area contributed by atoms with Gasteiger partial charge in [-0.15, -0.1) is 24.0 Å². The summed E-state index contributed by atoms with van der Waals surface area (Å²) in [4.78, 5) is 21.4. The van der Waals surface area contributed by atoms with Crippen LogP contribution >= 0.6 is 35.6 Å². The molecule has 0 radical (unpaired) electrons. The summed E-state index contributed by atoms with van der Waals surface area (Å²) in [5.74, 6) is 1.56. The smallest absolute Gasteiger partial charge is 0.242 e. The molecule has 156 valence electrons. The molecule has 2 aliphatic rings. The van der Waals surface area contributed by atoms with Gasteiger partial charge in [0.05, 0.1) is 6.54 Å². The molecule has 1 aromatic rings. The number of aliphatic imine (C=N–C) groups is 1. The zero-order chi connectivity index (χ0) is 19.1. The Morgan fingerprint density at radius 1 is 1.25 bits per heavy atom. The average molecular weight is 521 g/mol. The lowest BCUT2D eigenvalue weighted by atomic mass is 10.0. The van der Waals surface area contributed by atoms with Gasteiger partial charge in [0.25, 0.3) is 0 Å². The molecule has 1 N–H and O–H groups in total. The van der Waals surface area contributed by atoms with E-state index in [0.29, 0.717) is 30.6 Å². The van der Waals surface area contributed by atoms with Crippen molar-refractivity contribution in [3.8, 4) is 0 Å². The Labute approximate surface area is 189 Å². The minimum Gasteiger partial charge on any atom is -0.381 e. The van der Waals surface area contributed by atoms with Crippen LogP contribution in [0, 0.1) is 5.92 Å². The third-order valence-electron chi connectivity index (χ3n) is 5.08. The molecule has 28 heavy (non-hydrogen) atoms. The fourth-order valence-corrected chi connectivity index (χ4v) is 3.56. The van der Waals surface area contributed by atoms with Gasteiger partial charge in [0.15, 0.2) is 5.96 Å². The van der Waals surface area contributed by atoms with Crippen LogP contribution in [0.25, 0.3) is 0 Å². The van der Waals surface area contributed by atoms with Crippen LogP contribution in [0.1, 0.15) is 25.3 Å². The van der Waals surface area contributed by atoms with Gasteiger partial charge in [-0.05, 0) is 43.4 Å². The maximum atomic E-state index is 12.6. The molecular weight excluding hydrogens is 491 g/mol. The Morgan fingerprint density at radius 3 is 2.61 bits per heavy atom. The van der Waals surface area contributed by atoms with Crippen molar-refractivity contribution in [2.45, 2.75) is 26.3 Å². The number of hydrogen-bond donors (Lipinski definition) is 1. The Balaban J connectivity index is 0.00000280. The number of benzene rings is 1. The number of carbonyl (C=O) groups excluding carboxylic acids is 1. The third kappa shape index (κ3) is 6.77. The van der Waals surface area contributed by atoms with E-state index in [-0.39, 0.29) is 29.9 Å². The predicted molar refractivity (Wildman–Crippen MR) is 123 cm³/mol. The van der Waals surface area contributed by atoms with Crippen LogP contribution < -0.4 is 5.32 Å². The molecule has 2 aliphatic heterocycles. The van der Waals surface area contributed by atoms with E-state index in [1.54, 1.807) is 0 Å². The first-order valence-corrected chi connectivity index (χ1v) is 10.2. The highest BCUT2D eigenvalue weighted by Crippen LogP contribution is 2.16. The molecule has 8 heteroatoms. The topological polar surface area (TPSA) is 57.2 Å². The molecule has 2 fully saturated rings. The highest BCUT2D eigenvalue weighted by atomic mass is 127. The minimum absolute atomic E-state index is 0. The molecular formula is C20H30ClIN4O2. The monoisotopic (exact) mass is 520 g/mol. The maximum absolute atomic E-state index is 12.6. The number of piperazine rings is 1. The SMILES string of the molecule is CCNC(=NCC1CCOCC1)N1CCN(Cc2ccc(Cl)cc2)C(=O)C1.I. The lowest BCUT2D eigenvalue weighted by Gasteiger charge is -2.36. The molecule has 0 aliphatic carbocycles. The van der Waals surface area contributed by atoms with E-state index in [4.69, 9.17) is 21.3 Å². The molecule has 3 rings (SSSR count). The first-order valence-electron chi connectivity index (χ1n) is 9.79. The Hall–Kier alpha value is -1.06. The number of amides is 1. The molecule has 0 saturated carbocycles. The second-order valence-corrected chi connectivity index (χ2v) is 7.55. The number of carbonyl (C=O) groups is 1. The van der Waals surface area contributed by atoms with Gasteiger partial charge in [-0.1, -0.05) is 23.7 Å². The van der Waals surface area contributed by atoms with Crippen molar-refractivity contribution in [1.29, 1.82) is 0 Å². The van der Waals surface area contributed by atoms with Gasteiger partial charge in [-0.2, -0.15) is 0 Å². The van der Waals surface area contributed by atoms with Crippen LogP contribution in [-0.2, 0) is 16.1 Å². The molecule has 0 spiro atoms. The fourth-order valence-electron chi connectivity index (χ4n) is 3.44. The van der Waals surface area contributed by atoms with Crippen molar-refractivity contribution in [2.75, 3.05) is 45.9 Å². The quantitative estimate of drug-likeness (QED) is 0.368. The van der Waals surface area contributed by atoms with Gasteiger partial charge >= 0.3 is 0 Å². The molecule has 1 amide bonds. The van der Waals surface area contributed by atoms with Crippen LogP contribution in [-0.4, -0.2) is 67.6 Å². The summed E-state index contributed by atoms with van der Waals surface area (Å²) in [6.07, 6.45) is 2.13. The van der Waals surface area contributed by atoms with E-state index in [9.17, 15) is 4.79 Å². The number of nitrogens with one attached hydrogen (secondary N) is 1. The summed E-state index contributed by atoms with van der Waals surface area (Å²) in [5.41, 5.74) is 1.10. The first kappa shape index (κ1) is 23.2. The minimum atomic E-state index is 0. The van der Waals surface area contributed by atoms with E-state index in [2.05, 4.69) is 17.1 Å². The molecule has 6 nitrogen and oxygen atoms in total. The normalized spacial score (nSPS) is 18.8. The number of guanidine groups is 1. The lowest BCUT2D eigenvalue weighted by molar-refractivity contribution is -0.135. The average Bonchev–Trinajstić information content (AvgIpc) is 2.69. The van der Waals surface area contributed by atoms with Crippen molar-refractivity contribution < 1.29 is 9.53 Å². The molecule has 0 aromatic heterocycles. The van der Waals surface area contributed by atoms with E-state index in [0.717, 1.165) is 57.2 Å². The van der Waals surface area contributed by atoms with E-state index in [1.165, 1.54) is 0 Å². The van der Waals surface area contributed by atoms with Crippen molar-refractivity contribution in [3.63, 3.8) is 0 Å². The standard InChI is InChI=1S/C20H29ClN4O2.HI/c1-2-22-20(23-13-16-7-11-27-12-8-16)25-10-9-24(19(26)15-25)14-17-3-5-18(21)6-4-17;/h3-6,16H,2,7-15H2,1H3,(H,22,23);1H. The molecule has 2 heterocycles. The molecule has 0 atom stereocenters. The van der Waals surface area contributed by atoms with Crippen LogP contribution in [0.5, 0.6) is 0 Å². The predicted octanol–water partition coefficient (Wildman–Crippen LogP) is 2.99. The van der Waals surface area contributed by atoms with Crippen molar-refractivity contribution in [2.24, 2.45) is 10.9 Å². The summed E-state index contributed by atoms with van der Waals surface area (Å²) >= 11 is 5.94. The summed E-state index contributed by atoms with van der Waals surface area (Å²) in [6, 6.07) is 7.68. The van der Waals surface area contributed by atoms with E-state index >= 15 is 0 Å². The Kier molecular flexibility index (Phi) is 9.81. The largest absolute Gasteiger partial charge is 0.381 e. The highest BCUT2D eigenvalue weighted by molar-refractivity contribution is 14.0. The van der Waals surface area contributed by atoms with E-state index in [1.807, 2.05) is 29.2 Å². The van der Waals surface area contributed by atoms with Gasteiger partial charge in [-0.3, -0.25) is 9.79 Å². The zero-order valence-electron chi connectivity index (χ0n) is 16.4. The molecule has 1 aromatic carbocycles. The first-order chi connectivity index (χ1) is 13.2. The number of hydrogen-bond acceptors (Lipinski definition) is 3. The summed E-state index contributed by atoms with van der Waals surface area (Å²) in [5, 5.41) is 4.06. The Bertz CT molecular complexity index is 650. The number of halogens is 2. The number of rotatable bonds is 5. The summed E-state index contributed by atoms with van der Waals surface area (Å²) in [6.45, 7) is 7.80. The van der Waals surface area contributed by atoms with Crippen LogP contribution in [0.4, 0.5) is 0 Å². The number of nitrogens with zero attached hydrogens (tertiary/aromatic N) is 3. The fraction of sp³-hybridized carbons (Fsp3) is 0.600. The summed E-state index contributed by atoms with van der Waals surface area (Å²) in [7, 11) is 0. The lowest BCUT2D eigenvalue weighted by Crippen LogP contribution is -2.55. The van der Waals surface area contributed by atoms with Crippen molar-refractivity contribution in [3.05, 3.63) is 34.9 Å². The van der Waals surface area contributed by atoms with Crippen LogP contribution in [0.2, 0.25) is 5.02 Å². The molecule has 2 saturated heterocycles. The maximum Gasteiger partial charge on any atom is 0.242 e. The highest BCUT2D eigenvalue weighted by Gasteiger charge is 2.26. The van der Waals surface area contributed by atoms with Crippen molar-refractivity contribution in [1.82, 2.24) is 15.1 Å². The number of ether oxygens (including phenoxy) is 1. The molecule has 0 unspecified atom stereocenters. The second kappa shape index (κ2) is 11.8. The van der Waals surface area contributed by atoms with Gasteiger partial charge in [0, 0.05) is 51.0 Å². The summed E-state index contributed by atoms with van der Waals surface area (Å²) < 4.78 is 5.42. The van der Waals surface area contributed by atoms with Gasteiger partial charge in [0.2, 0.25) is 5.91 Å². The van der Waals surface area contributed by atoms with Crippen molar-refractivity contribution >= 4 is 47.4 Å². The third-order valence-corrected chi connectivity index (χ3v) is 5.33. The Morgan fingerprint density at radius 2 is 1.96 bits per heavy atom. The zero-order valence-corrected chi connectivity index (χ0v) is 19.5. The van der Waals surface area contributed by atoms with Gasteiger partial charge < -0.3 is 19.9 Å². The van der Waals surface area contributed by atoms with Gasteiger partial charge in [0.1, 0.15) is 0 Å².